The molecule has 0 bridgehead atoms. The van der Waals surface area contributed by atoms with Crippen LogP contribution >= 0.6 is 0 Å². The first kappa shape index (κ1) is 13.1. The molecule has 0 aliphatic carbocycles. The van der Waals surface area contributed by atoms with Gasteiger partial charge in [-0.3, -0.25) is 9.89 Å². The Balaban J connectivity index is 2.73. The second-order valence-electron chi connectivity index (χ2n) is 4.00. The van der Waals surface area contributed by atoms with Gasteiger partial charge in [0.25, 0.3) is 5.91 Å². The lowest BCUT2D eigenvalue weighted by molar-refractivity contribution is 0.0936. The van der Waals surface area contributed by atoms with E-state index in [1.807, 2.05) is 13.8 Å². The molecule has 0 saturated carbocycles. The summed E-state index contributed by atoms with van der Waals surface area (Å²) in [7, 11) is 0. The molecule has 92 valence electrons. The molecule has 4 N–H and O–H groups in total. The largest absolute Gasteiger partial charge is 0.395 e. The number of anilines is 1. The topological polar surface area (TPSA) is 83.8 Å². The molecule has 17 heavy (non-hydrogen) atoms. The van der Waals surface area contributed by atoms with Crippen molar-refractivity contribution in [3.05, 3.63) is 11.4 Å². The molecular weight excluding hydrogens is 216 g/mol. The van der Waals surface area contributed by atoms with Crippen molar-refractivity contribution in [2.45, 2.75) is 39.2 Å². The quantitative estimate of drug-likeness (QED) is 0.667. The molecule has 0 aromatic carbocycles. The molecule has 5 heteroatoms. The molecule has 0 fully saturated rings. The maximum atomic E-state index is 11.8. The summed E-state index contributed by atoms with van der Waals surface area (Å²) in [5.74, 6) is 2.20. The number of nitrogens with zero attached hydrogens (tertiary/aromatic N) is 1. The van der Waals surface area contributed by atoms with E-state index in [4.69, 9.17) is 12.2 Å². The number of carbonyl (C=O) groups is 1. The Bertz CT molecular complexity index is 430. The Morgan fingerprint density at radius 2 is 2.41 bits per heavy atom. The lowest BCUT2D eigenvalue weighted by Gasteiger charge is -2.09. The van der Waals surface area contributed by atoms with Gasteiger partial charge in [0, 0.05) is 12.5 Å². The summed E-state index contributed by atoms with van der Waals surface area (Å²) in [6.45, 7) is 3.88. The predicted molar refractivity (Wildman–Crippen MR) is 67.4 cm³/mol. The van der Waals surface area contributed by atoms with Crippen molar-refractivity contribution in [2.75, 3.05) is 5.73 Å². The van der Waals surface area contributed by atoms with Crippen molar-refractivity contribution in [2.24, 2.45) is 0 Å². The number of nitrogens with one attached hydrogen (secondary N) is 2. The van der Waals surface area contributed by atoms with Crippen LogP contribution in [0, 0.1) is 12.3 Å². The average Bonchev–Trinajstić information content (AvgIpc) is 2.61. The molecule has 0 radical (unpaired) electrons. The first-order valence-electron chi connectivity index (χ1n) is 5.67. The van der Waals surface area contributed by atoms with E-state index in [1.54, 1.807) is 0 Å². The second-order valence-corrected chi connectivity index (χ2v) is 4.00. The summed E-state index contributed by atoms with van der Waals surface area (Å²) in [6.07, 6.45) is 7.38. The number of nitrogen functional groups attached to an aromatic ring is 1. The minimum absolute atomic E-state index is 0.0850. The van der Waals surface area contributed by atoms with Crippen molar-refractivity contribution < 1.29 is 4.79 Å². The number of aryl methyl sites for hydroxylation is 1. The van der Waals surface area contributed by atoms with Gasteiger partial charge in [0.05, 0.1) is 11.4 Å². The Hall–Kier alpha value is -1.96. The van der Waals surface area contributed by atoms with Gasteiger partial charge in [0.15, 0.2) is 5.69 Å². The highest BCUT2D eigenvalue weighted by Gasteiger charge is 2.17. The van der Waals surface area contributed by atoms with Crippen LogP contribution < -0.4 is 11.1 Å². The Morgan fingerprint density at radius 1 is 1.71 bits per heavy atom. The van der Waals surface area contributed by atoms with Gasteiger partial charge in [-0.2, -0.15) is 5.10 Å². The maximum Gasteiger partial charge on any atom is 0.274 e. The van der Waals surface area contributed by atoms with Crippen molar-refractivity contribution in [1.82, 2.24) is 15.5 Å². The van der Waals surface area contributed by atoms with Gasteiger partial charge in [0.2, 0.25) is 0 Å². The van der Waals surface area contributed by atoms with Gasteiger partial charge in [0.1, 0.15) is 0 Å². The monoisotopic (exact) mass is 234 g/mol. The number of hydrogen-bond donors (Lipinski definition) is 3. The van der Waals surface area contributed by atoms with Gasteiger partial charge in [-0.05, 0) is 13.3 Å². The predicted octanol–water partition coefficient (Wildman–Crippen LogP) is 1.09. The maximum absolute atomic E-state index is 11.8. The van der Waals surface area contributed by atoms with Crippen LogP contribution in [0.1, 0.15) is 42.9 Å². The van der Waals surface area contributed by atoms with Crippen molar-refractivity contribution in [1.29, 1.82) is 0 Å². The standard InChI is InChI=1S/C12H18N4O/c1-4-6-8(3)14-12(17)11-10(13)9(7-5-2)15-16-11/h1,8H,5-7,13H2,2-3H3,(H,14,17)(H,15,16). The highest BCUT2D eigenvalue weighted by Crippen LogP contribution is 2.15. The zero-order valence-electron chi connectivity index (χ0n) is 10.2. The zero-order valence-corrected chi connectivity index (χ0v) is 10.2. The molecule has 0 aliphatic rings. The second kappa shape index (κ2) is 5.94. The highest BCUT2D eigenvalue weighted by atomic mass is 16.2. The number of rotatable bonds is 5. The van der Waals surface area contributed by atoms with E-state index in [9.17, 15) is 4.79 Å². The summed E-state index contributed by atoms with van der Waals surface area (Å²) in [6, 6.07) is -0.0850. The van der Waals surface area contributed by atoms with Crippen LogP contribution in [0.15, 0.2) is 0 Å². The van der Waals surface area contributed by atoms with E-state index in [1.165, 1.54) is 0 Å². The lowest BCUT2D eigenvalue weighted by Crippen LogP contribution is -2.32. The summed E-state index contributed by atoms with van der Waals surface area (Å²) >= 11 is 0. The third kappa shape index (κ3) is 3.25. The SMILES string of the molecule is C#CCC(C)NC(=O)c1n[nH]c(CCC)c1N. The van der Waals surface area contributed by atoms with Gasteiger partial charge in [-0.15, -0.1) is 12.3 Å². The van der Waals surface area contributed by atoms with Gasteiger partial charge in [-0.1, -0.05) is 13.3 Å². The highest BCUT2D eigenvalue weighted by molar-refractivity contribution is 5.97. The van der Waals surface area contributed by atoms with Crippen molar-refractivity contribution >= 4 is 11.6 Å². The molecule has 1 heterocycles. The molecule has 1 atom stereocenters. The molecule has 1 rings (SSSR count). The van der Waals surface area contributed by atoms with E-state index in [2.05, 4.69) is 21.4 Å². The van der Waals surface area contributed by atoms with E-state index in [0.29, 0.717) is 12.1 Å². The van der Waals surface area contributed by atoms with Crippen LogP contribution in [-0.4, -0.2) is 22.1 Å². The molecule has 1 aromatic heterocycles. The number of amides is 1. The molecular formula is C12H18N4O. The third-order valence-electron chi connectivity index (χ3n) is 2.40. The molecule has 1 amide bonds. The summed E-state index contributed by atoms with van der Waals surface area (Å²) in [5.41, 5.74) is 7.33. The smallest absolute Gasteiger partial charge is 0.274 e. The number of aromatic amines is 1. The minimum atomic E-state index is -0.288. The number of hydrogen-bond acceptors (Lipinski definition) is 3. The van der Waals surface area contributed by atoms with Crippen LogP contribution in [-0.2, 0) is 6.42 Å². The average molecular weight is 234 g/mol. The van der Waals surface area contributed by atoms with E-state index in [-0.39, 0.29) is 17.6 Å². The molecule has 1 aromatic rings. The third-order valence-corrected chi connectivity index (χ3v) is 2.40. The Morgan fingerprint density at radius 3 is 3.00 bits per heavy atom. The molecule has 1 unspecified atom stereocenters. The first-order chi connectivity index (χ1) is 8.10. The van der Waals surface area contributed by atoms with Gasteiger partial charge in [-0.25, -0.2) is 0 Å². The minimum Gasteiger partial charge on any atom is -0.395 e. The first-order valence-corrected chi connectivity index (χ1v) is 5.67. The number of nitrogens with two attached hydrogens (primary N) is 1. The number of terminal acetylenes is 1. The fourth-order valence-electron chi connectivity index (χ4n) is 1.52. The summed E-state index contributed by atoms with van der Waals surface area (Å²) in [5, 5.41) is 9.47. The Labute approximate surface area is 101 Å². The fourth-order valence-corrected chi connectivity index (χ4v) is 1.52. The number of H-pyrrole nitrogens is 1. The van der Waals surface area contributed by atoms with E-state index < -0.39 is 0 Å². The van der Waals surface area contributed by atoms with Crippen LogP contribution in [0.25, 0.3) is 0 Å². The Kier molecular flexibility index (Phi) is 4.58. The molecule has 0 aliphatic heterocycles. The summed E-state index contributed by atoms with van der Waals surface area (Å²) < 4.78 is 0. The number of aromatic nitrogens is 2. The normalized spacial score (nSPS) is 11.8. The summed E-state index contributed by atoms with van der Waals surface area (Å²) in [4.78, 5) is 11.8. The van der Waals surface area contributed by atoms with Crippen LogP contribution in [0.5, 0.6) is 0 Å². The van der Waals surface area contributed by atoms with Gasteiger partial charge < -0.3 is 11.1 Å². The molecule has 5 nitrogen and oxygen atoms in total. The molecule has 0 saturated heterocycles. The van der Waals surface area contributed by atoms with E-state index in [0.717, 1.165) is 18.5 Å². The fraction of sp³-hybridized carbons (Fsp3) is 0.500. The van der Waals surface area contributed by atoms with Gasteiger partial charge >= 0.3 is 0 Å². The van der Waals surface area contributed by atoms with Crippen molar-refractivity contribution in [3.63, 3.8) is 0 Å². The number of carbonyl (C=O) groups excluding carboxylic acids is 1. The zero-order chi connectivity index (χ0) is 12.8. The molecule has 0 spiro atoms. The van der Waals surface area contributed by atoms with Crippen LogP contribution in [0.2, 0.25) is 0 Å². The lowest BCUT2D eigenvalue weighted by atomic mass is 10.2. The van der Waals surface area contributed by atoms with Crippen molar-refractivity contribution in [3.8, 4) is 12.3 Å². The van der Waals surface area contributed by atoms with Crippen LogP contribution in [0.3, 0.4) is 0 Å². The van der Waals surface area contributed by atoms with Crippen LogP contribution in [0.4, 0.5) is 5.69 Å². The van der Waals surface area contributed by atoms with E-state index >= 15 is 0 Å².